The highest BCUT2D eigenvalue weighted by Gasteiger charge is 2.66. The molecule has 0 N–H and O–H groups in total. The molecule has 158 valence electrons. The number of halogens is 1. The van der Waals surface area contributed by atoms with Crippen LogP contribution in [0.4, 0.5) is 0 Å². The van der Waals surface area contributed by atoms with Gasteiger partial charge in [-0.15, -0.1) is 0 Å². The van der Waals surface area contributed by atoms with Crippen LogP contribution in [0.25, 0.3) is 0 Å². The number of nitro groups is 1. The summed E-state index contributed by atoms with van der Waals surface area (Å²) in [6, 6.07) is 1.52. The van der Waals surface area contributed by atoms with Gasteiger partial charge in [-0.25, -0.2) is 0 Å². The molecule has 29 heavy (non-hydrogen) atoms. The van der Waals surface area contributed by atoms with Crippen LogP contribution in [0.5, 0.6) is 17.2 Å². The lowest BCUT2D eigenvalue weighted by atomic mass is 9.64. The van der Waals surface area contributed by atoms with Gasteiger partial charge in [0.05, 0.1) is 33.4 Å². The Morgan fingerprint density at radius 1 is 1.24 bits per heavy atom. The minimum Gasteiger partial charge on any atom is -0.496 e. The first kappa shape index (κ1) is 20.2. The predicted octanol–water partition coefficient (Wildman–Crippen LogP) is 2.74. The Labute approximate surface area is 172 Å². The number of ether oxygens (including phenoxy) is 5. The number of nitrogens with zero attached hydrogens (tertiary/aromatic N) is 1. The molecule has 0 bridgehead atoms. The number of carbonyl (C=O) groups is 1. The van der Waals surface area contributed by atoms with Crippen LogP contribution in [0.15, 0.2) is 6.07 Å². The van der Waals surface area contributed by atoms with Crippen molar-refractivity contribution in [2.75, 3.05) is 34.0 Å². The zero-order valence-corrected chi connectivity index (χ0v) is 17.1. The lowest BCUT2D eigenvalue weighted by Gasteiger charge is -2.48. The van der Waals surface area contributed by atoms with Crippen molar-refractivity contribution in [2.24, 2.45) is 11.8 Å². The quantitative estimate of drug-likeness (QED) is 0.533. The summed E-state index contributed by atoms with van der Waals surface area (Å²) in [5, 5.41) is 11.6. The first-order valence-electron chi connectivity index (χ1n) is 9.36. The summed E-state index contributed by atoms with van der Waals surface area (Å²) in [7, 11) is 2.87. The number of benzene rings is 1. The van der Waals surface area contributed by atoms with Crippen molar-refractivity contribution in [3.8, 4) is 17.2 Å². The molecule has 1 unspecified atom stereocenters. The van der Waals surface area contributed by atoms with Crippen LogP contribution in [0, 0.1) is 22.0 Å². The van der Waals surface area contributed by atoms with Crippen molar-refractivity contribution in [2.45, 2.75) is 31.2 Å². The Bertz CT molecular complexity index is 868. The summed E-state index contributed by atoms with van der Waals surface area (Å²) in [6.07, 6.45) is 0.549. The van der Waals surface area contributed by atoms with Crippen LogP contribution < -0.4 is 14.2 Å². The number of methoxy groups -OCH3 is 2. The maximum absolute atomic E-state index is 13.7. The number of rotatable bonds is 4. The molecule has 2 aliphatic heterocycles. The van der Waals surface area contributed by atoms with E-state index in [1.807, 2.05) is 6.92 Å². The SMILES string of the molecule is COc1cc(OC)c2c(c1Cl)O[C@]1(C2=O)C(C[N+](=O)[O-])CC2(C[C@H]1C)OCCO2. The molecular weight excluding hydrogens is 406 g/mol. The molecule has 0 radical (unpaired) electrons. The summed E-state index contributed by atoms with van der Waals surface area (Å²) in [6.45, 7) is 2.18. The molecular formula is C19H22ClNO8. The van der Waals surface area contributed by atoms with Crippen LogP contribution in [-0.4, -0.2) is 56.1 Å². The molecule has 1 saturated carbocycles. The van der Waals surface area contributed by atoms with Crippen LogP contribution in [0.1, 0.15) is 30.1 Å². The third kappa shape index (κ3) is 2.86. The highest BCUT2D eigenvalue weighted by molar-refractivity contribution is 6.35. The normalized spacial score (nSPS) is 29.7. The van der Waals surface area contributed by atoms with Gasteiger partial charge in [0.15, 0.2) is 17.1 Å². The fourth-order valence-electron chi connectivity index (χ4n) is 4.96. The molecule has 2 heterocycles. The molecule has 0 aromatic heterocycles. The van der Waals surface area contributed by atoms with Crippen molar-refractivity contribution in [1.29, 1.82) is 0 Å². The third-order valence-electron chi connectivity index (χ3n) is 6.14. The lowest BCUT2D eigenvalue weighted by Crippen LogP contribution is -2.62. The largest absolute Gasteiger partial charge is 0.496 e. The highest BCUT2D eigenvalue weighted by Crippen LogP contribution is 2.58. The summed E-state index contributed by atoms with van der Waals surface area (Å²) in [4.78, 5) is 24.7. The van der Waals surface area contributed by atoms with Gasteiger partial charge in [0.2, 0.25) is 12.3 Å². The molecule has 9 nitrogen and oxygen atoms in total. The van der Waals surface area contributed by atoms with E-state index in [1.54, 1.807) is 0 Å². The highest BCUT2D eigenvalue weighted by atomic mass is 35.5. The Hall–Kier alpha value is -2.10. The summed E-state index contributed by atoms with van der Waals surface area (Å²) in [5.74, 6) is -1.82. The molecule has 3 atom stereocenters. The minimum absolute atomic E-state index is 0.134. The Morgan fingerprint density at radius 2 is 1.90 bits per heavy atom. The molecule has 1 aromatic rings. The number of ketones is 1. The fraction of sp³-hybridized carbons (Fsp3) is 0.632. The molecule has 10 heteroatoms. The van der Waals surface area contributed by atoms with E-state index in [2.05, 4.69) is 0 Å². The fourth-order valence-corrected chi connectivity index (χ4v) is 5.22. The number of hydrogen-bond donors (Lipinski definition) is 0. The molecule has 0 amide bonds. The molecule has 4 rings (SSSR count). The van der Waals surface area contributed by atoms with E-state index in [0.29, 0.717) is 25.4 Å². The van der Waals surface area contributed by atoms with E-state index in [9.17, 15) is 14.9 Å². The standard InChI is InChI=1S/C19H22ClNO8/c1-10-7-18(27-4-5-28-18)8-11(9-21(23)24)19(10)17(22)14-12(25-2)6-13(26-3)15(20)16(14)29-19/h6,10-11H,4-5,7-9H2,1-3H3/t10-,11?,19+/m1/s1. The summed E-state index contributed by atoms with van der Waals surface area (Å²) < 4.78 is 28.5. The average Bonchev–Trinajstić information content (AvgIpc) is 3.24. The van der Waals surface area contributed by atoms with Gasteiger partial charge in [-0.05, 0) is 0 Å². The van der Waals surface area contributed by atoms with Gasteiger partial charge < -0.3 is 23.7 Å². The first-order chi connectivity index (χ1) is 13.8. The Balaban J connectivity index is 1.84. The zero-order valence-electron chi connectivity index (χ0n) is 16.4. The number of hydrogen-bond acceptors (Lipinski definition) is 8. The van der Waals surface area contributed by atoms with Gasteiger partial charge in [0, 0.05) is 29.7 Å². The van der Waals surface area contributed by atoms with Gasteiger partial charge in [-0.3, -0.25) is 14.9 Å². The lowest BCUT2D eigenvalue weighted by molar-refractivity contribution is -0.495. The van der Waals surface area contributed by atoms with Gasteiger partial charge in [0.1, 0.15) is 22.1 Å². The second-order valence-electron chi connectivity index (χ2n) is 7.65. The molecule has 1 saturated heterocycles. The van der Waals surface area contributed by atoms with Crippen molar-refractivity contribution in [3.63, 3.8) is 0 Å². The van der Waals surface area contributed by atoms with Crippen LogP contribution >= 0.6 is 11.6 Å². The van der Waals surface area contributed by atoms with Crippen LogP contribution in [-0.2, 0) is 9.47 Å². The Morgan fingerprint density at radius 3 is 2.48 bits per heavy atom. The second kappa shape index (κ2) is 7.00. The van der Waals surface area contributed by atoms with E-state index in [4.69, 9.17) is 35.3 Å². The van der Waals surface area contributed by atoms with Gasteiger partial charge >= 0.3 is 0 Å². The average molecular weight is 428 g/mol. The molecule has 3 aliphatic rings. The van der Waals surface area contributed by atoms with E-state index in [1.165, 1.54) is 20.3 Å². The first-order valence-corrected chi connectivity index (χ1v) is 9.73. The predicted molar refractivity (Wildman–Crippen MR) is 101 cm³/mol. The second-order valence-corrected chi connectivity index (χ2v) is 8.03. The third-order valence-corrected chi connectivity index (χ3v) is 6.50. The van der Waals surface area contributed by atoms with Crippen molar-refractivity contribution >= 4 is 17.4 Å². The van der Waals surface area contributed by atoms with Gasteiger partial charge in [-0.2, -0.15) is 0 Å². The number of fused-ring (bicyclic) bond motifs is 1. The maximum Gasteiger partial charge on any atom is 0.214 e. The summed E-state index contributed by atoms with van der Waals surface area (Å²) >= 11 is 6.43. The van der Waals surface area contributed by atoms with E-state index < -0.39 is 34.7 Å². The van der Waals surface area contributed by atoms with Crippen molar-refractivity contribution < 1.29 is 33.4 Å². The molecule has 1 aliphatic carbocycles. The zero-order chi connectivity index (χ0) is 21.0. The van der Waals surface area contributed by atoms with Crippen molar-refractivity contribution in [3.05, 3.63) is 26.8 Å². The van der Waals surface area contributed by atoms with Crippen molar-refractivity contribution in [1.82, 2.24) is 0 Å². The van der Waals surface area contributed by atoms with Gasteiger partial charge in [-0.1, -0.05) is 18.5 Å². The van der Waals surface area contributed by atoms with E-state index in [-0.39, 0.29) is 34.3 Å². The van der Waals surface area contributed by atoms with E-state index in [0.717, 1.165) is 0 Å². The molecule has 2 spiro atoms. The van der Waals surface area contributed by atoms with E-state index >= 15 is 0 Å². The number of carbonyl (C=O) groups excluding carboxylic acids is 1. The summed E-state index contributed by atoms with van der Waals surface area (Å²) in [5.41, 5.74) is -1.28. The number of Topliss-reactive ketones (excluding diaryl/α,β-unsaturated/α-hetero) is 1. The van der Waals surface area contributed by atoms with Crippen LogP contribution in [0.2, 0.25) is 5.02 Å². The minimum atomic E-state index is -1.46. The van der Waals surface area contributed by atoms with Crippen LogP contribution in [0.3, 0.4) is 0 Å². The molecule has 1 aromatic carbocycles. The molecule has 2 fully saturated rings. The smallest absolute Gasteiger partial charge is 0.214 e. The van der Waals surface area contributed by atoms with Gasteiger partial charge in [0.25, 0.3) is 0 Å². The Kier molecular flexibility index (Phi) is 4.87. The maximum atomic E-state index is 13.7. The monoisotopic (exact) mass is 427 g/mol. The topological polar surface area (TPSA) is 106 Å².